The van der Waals surface area contributed by atoms with Gasteiger partial charge in [0.25, 0.3) is 0 Å². The molecule has 108 valence electrons. The zero-order valence-corrected chi connectivity index (χ0v) is 13.1. The number of rotatable bonds is 2. The van der Waals surface area contributed by atoms with Crippen molar-refractivity contribution in [1.82, 2.24) is 5.32 Å². The van der Waals surface area contributed by atoms with Crippen LogP contribution in [0.2, 0.25) is 0 Å². The van der Waals surface area contributed by atoms with Gasteiger partial charge in [0.1, 0.15) is 18.4 Å². The van der Waals surface area contributed by atoms with Crippen LogP contribution in [0.15, 0.2) is 16.6 Å². The summed E-state index contributed by atoms with van der Waals surface area (Å²) in [5.74, 6) is -0.761. The maximum atomic E-state index is 13.5. The molecule has 0 bridgehead atoms. The van der Waals surface area contributed by atoms with E-state index >= 15 is 0 Å². The van der Waals surface area contributed by atoms with Crippen LogP contribution in [0.5, 0.6) is 0 Å². The van der Waals surface area contributed by atoms with Crippen molar-refractivity contribution in [3.63, 3.8) is 0 Å². The number of amides is 2. The number of carbonyl (C=O) groups excluding carboxylic acids is 2. The molecule has 1 fully saturated rings. The second kappa shape index (κ2) is 5.52. The summed E-state index contributed by atoms with van der Waals surface area (Å²) in [6, 6.07) is 2.35. The molecule has 1 atom stereocenters. The Morgan fingerprint density at radius 3 is 2.65 bits per heavy atom. The van der Waals surface area contributed by atoms with Gasteiger partial charge in [0.2, 0.25) is 11.8 Å². The molecule has 0 aromatic heterocycles. The van der Waals surface area contributed by atoms with Gasteiger partial charge >= 0.3 is 0 Å². The van der Waals surface area contributed by atoms with E-state index in [1.54, 1.807) is 13.0 Å². The van der Waals surface area contributed by atoms with Crippen LogP contribution >= 0.6 is 15.9 Å². The van der Waals surface area contributed by atoms with Crippen LogP contribution < -0.4 is 10.2 Å². The average molecular weight is 343 g/mol. The van der Waals surface area contributed by atoms with Crippen molar-refractivity contribution in [3.8, 4) is 0 Å². The molecule has 0 saturated carbocycles. The van der Waals surface area contributed by atoms with Gasteiger partial charge in [-0.1, -0.05) is 13.8 Å². The van der Waals surface area contributed by atoms with Gasteiger partial charge in [-0.2, -0.15) is 0 Å². The molecule has 0 aliphatic carbocycles. The fraction of sp³-hybridized carbons (Fsp3) is 0.429. The van der Waals surface area contributed by atoms with E-state index in [-0.39, 0.29) is 34.6 Å². The average Bonchev–Trinajstić information content (AvgIpc) is 2.36. The number of benzene rings is 1. The van der Waals surface area contributed by atoms with Crippen LogP contribution in [0.25, 0.3) is 0 Å². The summed E-state index contributed by atoms with van der Waals surface area (Å²) in [6.07, 6.45) is 0. The van der Waals surface area contributed by atoms with Crippen molar-refractivity contribution in [2.45, 2.75) is 26.8 Å². The number of halogens is 2. The molecule has 4 nitrogen and oxygen atoms in total. The highest BCUT2D eigenvalue weighted by Crippen LogP contribution is 2.29. The Kier molecular flexibility index (Phi) is 4.13. The maximum absolute atomic E-state index is 13.5. The highest BCUT2D eigenvalue weighted by Gasteiger charge is 2.35. The summed E-state index contributed by atoms with van der Waals surface area (Å²) in [7, 11) is 0. The lowest BCUT2D eigenvalue weighted by molar-refractivity contribution is -0.132. The highest BCUT2D eigenvalue weighted by molar-refractivity contribution is 9.10. The quantitative estimate of drug-likeness (QED) is 0.896. The molecule has 1 aliphatic rings. The lowest BCUT2D eigenvalue weighted by atomic mass is 9.99. The first-order valence-electron chi connectivity index (χ1n) is 6.37. The van der Waals surface area contributed by atoms with Gasteiger partial charge in [-0.15, -0.1) is 0 Å². The van der Waals surface area contributed by atoms with Crippen molar-refractivity contribution in [1.29, 1.82) is 0 Å². The summed E-state index contributed by atoms with van der Waals surface area (Å²) in [5, 5.41) is 2.69. The van der Waals surface area contributed by atoms with Crippen LogP contribution in [0.4, 0.5) is 10.1 Å². The fourth-order valence-electron chi connectivity index (χ4n) is 2.25. The second-order valence-corrected chi connectivity index (χ2v) is 6.12. The van der Waals surface area contributed by atoms with Crippen molar-refractivity contribution in [2.75, 3.05) is 11.4 Å². The first-order valence-corrected chi connectivity index (χ1v) is 7.17. The van der Waals surface area contributed by atoms with E-state index < -0.39 is 6.04 Å². The minimum Gasteiger partial charge on any atom is -0.342 e. The summed E-state index contributed by atoms with van der Waals surface area (Å²) >= 11 is 3.11. The number of hydrogen-bond acceptors (Lipinski definition) is 2. The van der Waals surface area contributed by atoms with Gasteiger partial charge in [0.15, 0.2) is 0 Å². The van der Waals surface area contributed by atoms with Gasteiger partial charge in [-0.25, -0.2) is 4.39 Å². The molecule has 1 aromatic carbocycles. The Labute approximate surface area is 125 Å². The molecule has 0 radical (unpaired) electrons. The summed E-state index contributed by atoms with van der Waals surface area (Å²) in [5.41, 5.74) is 1.18. The van der Waals surface area contributed by atoms with Crippen LogP contribution in [0.3, 0.4) is 0 Å². The van der Waals surface area contributed by atoms with Gasteiger partial charge in [-0.3, -0.25) is 9.59 Å². The number of piperazine rings is 1. The Morgan fingerprint density at radius 1 is 1.40 bits per heavy atom. The number of anilines is 1. The highest BCUT2D eigenvalue weighted by atomic mass is 79.9. The Balaban J connectivity index is 2.43. The second-order valence-electron chi connectivity index (χ2n) is 5.27. The van der Waals surface area contributed by atoms with Crippen LogP contribution in [0.1, 0.15) is 19.4 Å². The zero-order chi connectivity index (χ0) is 15.0. The van der Waals surface area contributed by atoms with Crippen molar-refractivity contribution in [2.24, 2.45) is 5.92 Å². The van der Waals surface area contributed by atoms with E-state index in [1.165, 1.54) is 11.0 Å². The van der Waals surface area contributed by atoms with Gasteiger partial charge in [0.05, 0.1) is 4.47 Å². The molecule has 1 N–H and O–H groups in total. The van der Waals surface area contributed by atoms with E-state index in [1.807, 2.05) is 13.8 Å². The number of aryl methyl sites for hydroxylation is 1. The zero-order valence-electron chi connectivity index (χ0n) is 11.5. The normalized spacial score (nSPS) is 19.5. The predicted molar refractivity (Wildman–Crippen MR) is 78.0 cm³/mol. The Morgan fingerprint density at radius 2 is 2.05 bits per heavy atom. The first-order chi connectivity index (χ1) is 9.31. The lowest BCUT2D eigenvalue weighted by Gasteiger charge is -2.35. The molecule has 6 heteroatoms. The lowest BCUT2D eigenvalue weighted by Crippen LogP contribution is -2.60. The summed E-state index contributed by atoms with van der Waals surface area (Å²) in [4.78, 5) is 25.7. The molecule has 2 rings (SSSR count). The molecule has 20 heavy (non-hydrogen) atoms. The molecule has 1 unspecified atom stereocenters. The molecule has 1 heterocycles. The minimum atomic E-state index is -0.542. The largest absolute Gasteiger partial charge is 0.342 e. The molecular formula is C14H16BrFN2O2. The van der Waals surface area contributed by atoms with E-state index in [2.05, 4.69) is 21.2 Å². The van der Waals surface area contributed by atoms with E-state index in [0.717, 1.165) is 0 Å². The number of carbonyl (C=O) groups is 2. The van der Waals surface area contributed by atoms with E-state index in [9.17, 15) is 14.0 Å². The SMILES string of the molecule is Cc1cc(F)c(Br)cc1N1CC(=O)NC(C(C)C)C1=O. The number of hydrogen-bond donors (Lipinski definition) is 1. The number of nitrogens with one attached hydrogen (secondary N) is 1. The third-order valence-electron chi connectivity index (χ3n) is 3.35. The van der Waals surface area contributed by atoms with Gasteiger partial charge in [-0.05, 0) is 46.5 Å². The molecular weight excluding hydrogens is 327 g/mol. The monoisotopic (exact) mass is 342 g/mol. The smallest absolute Gasteiger partial charge is 0.250 e. The van der Waals surface area contributed by atoms with Crippen molar-refractivity contribution < 1.29 is 14.0 Å². The Hall–Kier alpha value is -1.43. The molecule has 2 amide bonds. The summed E-state index contributed by atoms with van der Waals surface area (Å²) < 4.78 is 13.8. The molecule has 0 spiro atoms. The van der Waals surface area contributed by atoms with Crippen LogP contribution in [-0.4, -0.2) is 24.4 Å². The fourth-order valence-corrected chi connectivity index (χ4v) is 2.58. The first kappa shape index (κ1) is 15.0. The van der Waals surface area contributed by atoms with Gasteiger partial charge < -0.3 is 10.2 Å². The molecule has 1 aliphatic heterocycles. The van der Waals surface area contributed by atoms with E-state index in [4.69, 9.17) is 0 Å². The van der Waals surface area contributed by atoms with Crippen molar-refractivity contribution >= 4 is 33.4 Å². The number of nitrogens with zero attached hydrogens (tertiary/aromatic N) is 1. The Bertz CT molecular complexity index is 575. The minimum absolute atomic E-state index is 0.00144. The van der Waals surface area contributed by atoms with Crippen LogP contribution in [0, 0.1) is 18.7 Å². The topological polar surface area (TPSA) is 49.4 Å². The maximum Gasteiger partial charge on any atom is 0.250 e. The third-order valence-corrected chi connectivity index (χ3v) is 3.95. The molecule has 1 aromatic rings. The van der Waals surface area contributed by atoms with E-state index in [0.29, 0.717) is 11.3 Å². The van der Waals surface area contributed by atoms with Crippen LogP contribution in [-0.2, 0) is 9.59 Å². The van der Waals surface area contributed by atoms with Crippen molar-refractivity contribution in [3.05, 3.63) is 28.0 Å². The third kappa shape index (κ3) is 2.70. The predicted octanol–water partition coefficient (Wildman–Crippen LogP) is 2.38. The molecule has 1 saturated heterocycles. The van der Waals surface area contributed by atoms with Gasteiger partial charge in [0, 0.05) is 5.69 Å². The summed E-state index contributed by atoms with van der Waals surface area (Å²) in [6.45, 7) is 5.43. The standard InChI is InChI=1S/C14H16BrFN2O2/c1-7(2)13-14(20)18(6-12(19)17-13)11-5-9(15)10(16)4-8(11)3/h4-5,7,13H,6H2,1-3H3,(H,17,19).